The maximum atomic E-state index is 11.1. The van der Waals surface area contributed by atoms with Crippen LogP contribution in [0, 0.1) is 0 Å². The summed E-state index contributed by atoms with van der Waals surface area (Å²) in [6.07, 6.45) is 1.42. The van der Waals surface area contributed by atoms with Crippen LogP contribution in [0.15, 0.2) is 0 Å². The Hall–Kier alpha value is 0.559. The van der Waals surface area contributed by atoms with Crippen LogP contribution in [-0.4, -0.2) is 86.8 Å². The molecule has 0 spiro atoms. The number of hydrogen-bond donors (Lipinski definition) is 4. The molecule has 2 unspecified atom stereocenters. The predicted molar refractivity (Wildman–Crippen MR) is 126 cm³/mol. The third-order valence-corrected chi connectivity index (χ3v) is 8.23. The summed E-state index contributed by atoms with van der Waals surface area (Å²) in [5.74, 6) is 1.12. The molecule has 0 saturated carbocycles. The molecule has 1 radical (unpaired) electrons. The minimum Gasteiger partial charge on any atom is -0.412 e. The molecule has 15 heteroatoms. The van der Waals surface area contributed by atoms with E-state index in [9.17, 15) is 16.8 Å². The summed E-state index contributed by atoms with van der Waals surface area (Å²) >= 11 is 18.6. The van der Waals surface area contributed by atoms with Crippen molar-refractivity contribution in [1.29, 1.82) is 0 Å². The van der Waals surface area contributed by atoms with Crippen molar-refractivity contribution in [1.82, 2.24) is 21.3 Å². The van der Waals surface area contributed by atoms with E-state index in [-0.39, 0.29) is 40.7 Å². The number of sulfone groups is 2. The van der Waals surface area contributed by atoms with Crippen molar-refractivity contribution in [3.63, 3.8) is 0 Å². The third kappa shape index (κ3) is 15.1. The standard InChI is InChI=1S/2C7H14N2O2S3.Cu/c2*10-14(11)4-1-6(5-14)8-2-3-9-7(12)13;/h2*6,8H,1-5H2,(H2,9,12,13);/q;;+2/p-2. The second kappa shape index (κ2) is 14.6. The quantitative estimate of drug-likeness (QED) is 0.116. The summed E-state index contributed by atoms with van der Waals surface area (Å²) in [5, 5.41) is 11.9. The summed E-state index contributed by atoms with van der Waals surface area (Å²) in [4.78, 5) is 0. The van der Waals surface area contributed by atoms with Gasteiger partial charge in [-0.3, -0.25) is 0 Å². The molecule has 0 aromatic rings. The number of hydrogen-bond acceptors (Lipinski definition) is 10. The van der Waals surface area contributed by atoms with E-state index in [1.54, 1.807) is 0 Å². The van der Waals surface area contributed by atoms with Gasteiger partial charge in [-0.2, -0.15) is 0 Å². The summed E-state index contributed by atoms with van der Waals surface area (Å²) < 4.78 is 45.1. The van der Waals surface area contributed by atoms with Crippen LogP contribution in [0.3, 0.4) is 0 Å². The molecule has 2 rings (SSSR count). The molecular weight excluding hydrogens is 544 g/mol. The van der Waals surface area contributed by atoms with Crippen LogP contribution in [0.5, 0.6) is 0 Å². The summed E-state index contributed by atoms with van der Waals surface area (Å²) in [7, 11) is -5.56. The van der Waals surface area contributed by atoms with E-state index < -0.39 is 19.7 Å². The zero-order valence-corrected chi connectivity index (χ0v) is 21.5. The number of thiocarbonyl (C=S) groups is 2. The molecule has 2 saturated heterocycles. The Morgan fingerprint density at radius 3 is 1.34 bits per heavy atom. The van der Waals surface area contributed by atoms with Crippen LogP contribution in [0.4, 0.5) is 0 Å². The molecule has 0 amide bonds. The normalized spacial score (nSPS) is 23.9. The molecule has 2 aliphatic heterocycles. The van der Waals surface area contributed by atoms with Crippen molar-refractivity contribution in [3.05, 3.63) is 0 Å². The SMILES string of the molecule is O=S1(=O)CCC(NCCNC(=S)[S-])C1.O=S1(=O)CCC(NCCNC(=S)[S-])C1.[Cu+2]. The average Bonchev–Trinajstić information content (AvgIpc) is 3.09. The zero-order valence-electron chi connectivity index (χ0n) is 15.6. The molecule has 0 aromatic carbocycles. The molecule has 0 aliphatic carbocycles. The fourth-order valence-corrected chi connectivity index (χ4v) is 6.62. The second-order valence-corrected chi connectivity index (χ2v) is 13.1. The third-order valence-electron chi connectivity index (χ3n) is 4.12. The van der Waals surface area contributed by atoms with Gasteiger partial charge in [-0.25, -0.2) is 16.8 Å². The number of nitrogens with one attached hydrogen (secondary N) is 4. The Balaban J connectivity index is 0.000000523. The zero-order chi connectivity index (χ0) is 21.2. The maximum absolute atomic E-state index is 11.1. The first-order chi connectivity index (χ1) is 13.0. The van der Waals surface area contributed by atoms with Crippen molar-refractivity contribution in [2.45, 2.75) is 24.9 Å². The molecular formula is C14H26CuN4O4S6. The van der Waals surface area contributed by atoms with Crippen LogP contribution in [-0.2, 0) is 62.0 Å². The molecule has 2 aliphatic rings. The van der Waals surface area contributed by atoms with E-state index in [0.29, 0.717) is 59.2 Å². The van der Waals surface area contributed by atoms with Crippen molar-refractivity contribution in [2.75, 3.05) is 49.2 Å². The second-order valence-electron chi connectivity index (χ2n) is 6.54. The van der Waals surface area contributed by atoms with Crippen LogP contribution < -0.4 is 21.3 Å². The van der Waals surface area contributed by atoms with Crippen LogP contribution in [0.1, 0.15) is 12.8 Å². The summed E-state index contributed by atoms with van der Waals surface area (Å²) in [5.41, 5.74) is 0. The first-order valence-corrected chi connectivity index (χ1v) is 14.0. The maximum Gasteiger partial charge on any atom is 2.00 e. The smallest absolute Gasteiger partial charge is 0.412 e. The Kier molecular flexibility index (Phi) is 14.9. The van der Waals surface area contributed by atoms with Gasteiger partial charge in [0.15, 0.2) is 19.7 Å². The van der Waals surface area contributed by atoms with Crippen LogP contribution in [0.25, 0.3) is 0 Å². The van der Waals surface area contributed by atoms with Gasteiger partial charge in [-0.15, -0.1) is 0 Å². The van der Waals surface area contributed by atoms with Gasteiger partial charge in [0.05, 0.1) is 23.0 Å². The van der Waals surface area contributed by atoms with Gasteiger partial charge >= 0.3 is 17.1 Å². The molecule has 29 heavy (non-hydrogen) atoms. The summed E-state index contributed by atoms with van der Waals surface area (Å²) in [6.45, 7) is 2.69. The van der Waals surface area contributed by atoms with E-state index in [1.165, 1.54) is 0 Å². The molecule has 0 bridgehead atoms. The largest absolute Gasteiger partial charge is 2.00 e. The molecule has 8 nitrogen and oxygen atoms in total. The Bertz CT molecular complexity index is 672. The fourth-order valence-electron chi connectivity index (χ4n) is 2.79. The van der Waals surface area contributed by atoms with Crippen LogP contribution >= 0.6 is 24.4 Å². The van der Waals surface area contributed by atoms with Gasteiger partial charge in [-0.05, 0) is 12.8 Å². The van der Waals surface area contributed by atoms with E-state index >= 15 is 0 Å². The van der Waals surface area contributed by atoms with Crippen molar-refractivity contribution in [2.24, 2.45) is 0 Å². The first kappa shape index (κ1) is 29.6. The molecule has 2 fully saturated rings. The monoisotopic (exact) mass is 569 g/mol. The van der Waals surface area contributed by atoms with Gasteiger partial charge in [-0.1, -0.05) is 8.64 Å². The van der Waals surface area contributed by atoms with E-state index in [4.69, 9.17) is 0 Å². The topological polar surface area (TPSA) is 116 Å². The molecule has 4 N–H and O–H groups in total. The van der Waals surface area contributed by atoms with Crippen molar-refractivity contribution in [3.8, 4) is 0 Å². The average molecular weight is 570 g/mol. The van der Waals surface area contributed by atoms with E-state index in [2.05, 4.69) is 71.0 Å². The van der Waals surface area contributed by atoms with Crippen molar-refractivity contribution < 1.29 is 33.9 Å². The molecule has 0 aromatic heterocycles. The Morgan fingerprint density at radius 1 is 0.759 bits per heavy atom. The Labute approximate surface area is 206 Å². The Morgan fingerprint density at radius 2 is 1.10 bits per heavy atom. The minimum atomic E-state index is -2.78. The summed E-state index contributed by atoms with van der Waals surface area (Å²) in [6, 6.07) is 0.195. The minimum absolute atomic E-state index is 0. The van der Waals surface area contributed by atoms with Crippen LogP contribution in [0.2, 0.25) is 0 Å². The van der Waals surface area contributed by atoms with E-state index in [0.717, 1.165) is 0 Å². The van der Waals surface area contributed by atoms with Gasteiger partial charge < -0.3 is 71.0 Å². The van der Waals surface area contributed by atoms with Gasteiger partial charge in [0, 0.05) is 38.3 Å². The van der Waals surface area contributed by atoms with Gasteiger partial charge in [0.2, 0.25) is 0 Å². The van der Waals surface area contributed by atoms with E-state index in [1.807, 2.05) is 0 Å². The molecule has 2 heterocycles. The number of rotatable bonds is 8. The molecule has 2 atom stereocenters. The molecule has 173 valence electrons. The fraction of sp³-hybridized carbons (Fsp3) is 0.857. The van der Waals surface area contributed by atoms with Gasteiger partial charge in [0.1, 0.15) is 0 Å². The first-order valence-electron chi connectivity index (χ1n) is 8.76. The van der Waals surface area contributed by atoms with Gasteiger partial charge in [0.25, 0.3) is 0 Å². The van der Waals surface area contributed by atoms with Crippen molar-refractivity contribution >= 4 is 78.0 Å². The predicted octanol–water partition coefficient (Wildman–Crippen LogP) is -1.63.